The molecule has 0 aliphatic heterocycles. The number of benzene rings is 1. The first-order valence-electron chi connectivity index (χ1n) is 9.18. The highest BCUT2D eigenvalue weighted by atomic mass is 19.1. The number of rotatable bonds is 6. The number of pyridine rings is 1. The molecule has 0 fully saturated rings. The summed E-state index contributed by atoms with van der Waals surface area (Å²) in [7, 11) is 1.64. The number of aromatic carboxylic acids is 1. The molecule has 29 heavy (non-hydrogen) atoms. The quantitative estimate of drug-likeness (QED) is 0.588. The van der Waals surface area contributed by atoms with Crippen molar-refractivity contribution in [2.24, 2.45) is 0 Å². The van der Waals surface area contributed by atoms with Gasteiger partial charge in [-0.05, 0) is 44.0 Å². The van der Waals surface area contributed by atoms with Crippen molar-refractivity contribution < 1.29 is 14.3 Å². The smallest absolute Gasteiger partial charge is 0.338 e. The zero-order valence-electron chi connectivity index (χ0n) is 16.7. The second-order valence-corrected chi connectivity index (χ2v) is 7.00. The van der Waals surface area contributed by atoms with Crippen molar-refractivity contribution in [2.75, 3.05) is 17.7 Å². The van der Waals surface area contributed by atoms with E-state index in [1.54, 1.807) is 51.4 Å². The van der Waals surface area contributed by atoms with Crippen molar-refractivity contribution in [2.45, 2.75) is 33.0 Å². The summed E-state index contributed by atoms with van der Waals surface area (Å²) in [5.41, 5.74) is 2.18. The van der Waals surface area contributed by atoms with Gasteiger partial charge in [0.2, 0.25) is 0 Å². The summed E-state index contributed by atoms with van der Waals surface area (Å²) in [4.78, 5) is 28.7. The van der Waals surface area contributed by atoms with E-state index in [4.69, 9.17) is 0 Å². The van der Waals surface area contributed by atoms with E-state index >= 15 is 0 Å². The van der Waals surface area contributed by atoms with Crippen LogP contribution in [-0.4, -0.2) is 33.7 Å². The molecule has 0 saturated carbocycles. The van der Waals surface area contributed by atoms with E-state index in [9.17, 15) is 19.1 Å². The highest BCUT2D eigenvalue weighted by Gasteiger charge is 2.25. The van der Waals surface area contributed by atoms with Crippen LogP contribution in [0.15, 0.2) is 41.3 Å². The third kappa shape index (κ3) is 3.91. The molecule has 8 heteroatoms. The lowest BCUT2D eigenvalue weighted by molar-refractivity contribution is 0.0697. The number of carboxylic acid groups (broad SMARTS) is 1. The second kappa shape index (κ2) is 7.90. The number of halogens is 1. The Morgan fingerprint density at radius 3 is 2.62 bits per heavy atom. The van der Waals surface area contributed by atoms with Crippen LogP contribution in [0.5, 0.6) is 0 Å². The largest absolute Gasteiger partial charge is 0.478 e. The Hall–Kier alpha value is -3.42. The van der Waals surface area contributed by atoms with E-state index in [1.165, 1.54) is 17.4 Å². The second-order valence-electron chi connectivity index (χ2n) is 7.00. The minimum Gasteiger partial charge on any atom is -0.478 e. The van der Waals surface area contributed by atoms with Crippen LogP contribution in [0, 0.1) is 13.8 Å². The van der Waals surface area contributed by atoms with Crippen molar-refractivity contribution in [1.29, 1.82) is 0 Å². The third-order valence-electron chi connectivity index (χ3n) is 4.77. The summed E-state index contributed by atoms with van der Waals surface area (Å²) in [6.07, 6.45) is 0.251. The molecular formula is C21H23FN4O3. The number of nitrogens with zero attached hydrogens (tertiary/aromatic N) is 2. The van der Waals surface area contributed by atoms with Crippen LogP contribution in [0.2, 0.25) is 0 Å². The first kappa shape index (κ1) is 20.3. The summed E-state index contributed by atoms with van der Waals surface area (Å²) in [6.45, 7) is 4.87. The van der Waals surface area contributed by atoms with E-state index in [0.29, 0.717) is 28.3 Å². The molecule has 0 aliphatic carbocycles. The lowest BCUT2D eigenvalue weighted by atomic mass is 10.00. The van der Waals surface area contributed by atoms with E-state index in [2.05, 4.69) is 15.6 Å². The standard InChI is InChI=1S/C21H23FN4O3/c1-11-8-14(20-25-16(23-4)9-17(27)26(20)10-11)19(13(3)22)24-15-7-5-6-12(2)18(15)21(28)29/h5-10,13,19,23-24H,1-4H3,(H,28,29). The number of anilines is 2. The molecule has 0 bridgehead atoms. The number of alkyl halides is 1. The van der Waals surface area contributed by atoms with Gasteiger partial charge in [-0.3, -0.25) is 9.20 Å². The predicted molar refractivity (Wildman–Crippen MR) is 111 cm³/mol. The Balaban J connectivity index is 2.23. The van der Waals surface area contributed by atoms with Crippen LogP contribution in [0.1, 0.15) is 40.0 Å². The molecule has 3 aromatic rings. The molecule has 0 radical (unpaired) electrons. The fraction of sp³-hybridized carbons (Fsp3) is 0.286. The average Bonchev–Trinajstić information content (AvgIpc) is 2.65. The molecule has 3 N–H and O–H groups in total. The fourth-order valence-electron chi connectivity index (χ4n) is 3.41. The lowest BCUT2D eigenvalue weighted by Crippen LogP contribution is -2.25. The topological polar surface area (TPSA) is 95.7 Å². The van der Waals surface area contributed by atoms with Gasteiger partial charge in [0.25, 0.3) is 5.56 Å². The Morgan fingerprint density at radius 2 is 2.00 bits per heavy atom. The van der Waals surface area contributed by atoms with Crippen molar-refractivity contribution in [1.82, 2.24) is 9.38 Å². The Morgan fingerprint density at radius 1 is 1.28 bits per heavy atom. The van der Waals surface area contributed by atoms with Gasteiger partial charge >= 0.3 is 5.97 Å². The zero-order chi connectivity index (χ0) is 21.3. The molecule has 1 aromatic carbocycles. The van der Waals surface area contributed by atoms with E-state index in [0.717, 1.165) is 5.56 Å². The van der Waals surface area contributed by atoms with Crippen LogP contribution >= 0.6 is 0 Å². The van der Waals surface area contributed by atoms with Crippen molar-refractivity contribution in [3.05, 3.63) is 69.1 Å². The minimum absolute atomic E-state index is 0.0798. The van der Waals surface area contributed by atoms with Crippen LogP contribution in [-0.2, 0) is 0 Å². The highest BCUT2D eigenvalue weighted by Crippen LogP contribution is 2.30. The summed E-state index contributed by atoms with van der Waals surface area (Å²) in [5.74, 6) is -0.732. The summed E-state index contributed by atoms with van der Waals surface area (Å²) in [6, 6.07) is 7.20. The van der Waals surface area contributed by atoms with Gasteiger partial charge in [-0.15, -0.1) is 0 Å². The zero-order valence-corrected chi connectivity index (χ0v) is 16.7. The fourth-order valence-corrected chi connectivity index (χ4v) is 3.41. The summed E-state index contributed by atoms with van der Waals surface area (Å²) in [5, 5.41) is 15.5. The Kier molecular flexibility index (Phi) is 5.54. The molecule has 2 heterocycles. The number of carboxylic acids is 1. The molecule has 2 unspecified atom stereocenters. The Labute approximate surface area is 167 Å². The van der Waals surface area contributed by atoms with Gasteiger partial charge in [0.05, 0.1) is 11.6 Å². The van der Waals surface area contributed by atoms with Crippen molar-refractivity contribution in [3.63, 3.8) is 0 Å². The maximum Gasteiger partial charge on any atom is 0.338 e. The van der Waals surface area contributed by atoms with Gasteiger partial charge in [0.1, 0.15) is 17.6 Å². The lowest BCUT2D eigenvalue weighted by Gasteiger charge is -2.24. The number of nitrogens with one attached hydrogen (secondary N) is 2. The minimum atomic E-state index is -1.39. The van der Waals surface area contributed by atoms with Crippen LogP contribution in [0.4, 0.5) is 15.9 Å². The van der Waals surface area contributed by atoms with Gasteiger partial charge in [0, 0.05) is 30.6 Å². The van der Waals surface area contributed by atoms with Crippen LogP contribution < -0.4 is 16.2 Å². The van der Waals surface area contributed by atoms with Gasteiger partial charge in [-0.1, -0.05) is 12.1 Å². The molecular weight excluding hydrogens is 375 g/mol. The molecule has 7 nitrogen and oxygen atoms in total. The van der Waals surface area contributed by atoms with Crippen molar-refractivity contribution in [3.8, 4) is 0 Å². The first-order chi connectivity index (χ1) is 13.7. The molecule has 0 aliphatic rings. The van der Waals surface area contributed by atoms with E-state index in [-0.39, 0.29) is 11.1 Å². The number of fused-ring (bicyclic) bond motifs is 1. The first-order valence-corrected chi connectivity index (χ1v) is 9.18. The number of aryl methyl sites for hydroxylation is 2. The van der Waals surface area contributed by atoms with Gasteiger partial charge in [-0.2, -0.15) is 0 Å². The monoisotopic (exact) mass is 398 g/mol. The molecule has 0 amide bonds. The average molecular weight is 398 g/mol. The van der Waals surface area contributed by atoms with Crippen molar-refractivity contribution >= 4 is 23.1 Å². The maximum absolute atomic E-state index is 14.8. The summed E-state index contributed by atoms with van der Waals surface area (Å²) >= 11 is 0. The summed E-state index contributed by atoms with van der Waals surface area (Å²) < 4.78 is 16.1. The van der Waals surface area contributed by atoms with Gasteiger partial charge in [-0.25, -0.2) is 14.2 Å². The normalized spacial score (nSPS) is 13.1. The Bertz CT molecular complexity index is 1140. The van der Waals surface area contributed by atoms with E-state index in [1.807, 2.05) is 0 Å². The SMILES string of the molecule is CNc1cc(=O)n2cc(C)cc(C(Nc3cccc(C)c3C(=O)O)C(C)F)c2n1. The predicted octanol–water partition coefficient (Wildman–Crippen LogP) is 3.56. The molecule has 2 aromatic heterocycles. The third-order valence-corrected chi connectivity index (χ3v) is 4.77. The molecule has 3 rings (SSSR count). The number of carbonyl (C=O) groups is 1. The number of aromatic nitrogens is 2. The number of hydrogen-bond donors (Lipinski definition) is 3. The molecule has 152 valence electrons. The maximum atomic E-state index is 14.8. The van der Waals surface area contributed by atoms with Crippen LogP contribution in [0.25, 0.3) is 5.65 Å². The van der Waals surface area contributed by atoms with Gasteiger partial charge in [0.15, 0.2) is 0 Å². The number of hydrogen-bond acceptors (Lipinski definition) is 5. The molecule has 0 spiro atoms. The molecule has 2 atom stereocenters. The highest BCUT2D eigenvalue weighted by molar-refractivity contribution is 5.96. The van der Waals surface area contributed by atoms with Crippen LogP contribution in [0.3, 0.4) is 0 Å². The van der Waals surface area contributed by atoms with E-state index < -0.39 is 18.2 Å². The van der Waals surface area contributed by atoms with Gasteiger partial charge < -0.3 is 15.7 Å². The molecule has 0 saturated heterocycles.